The van der Waals surface area contributed by atoms with Crippen LogP contribution in [-0.4, -0.2) is 69.1 Å². The van der Waals surface area contributed by atoms with Crippen molar-refractivity contribution in [2.24, 2.45) is 0 Å². The van der Waals surface area contributed by atoms with Gasteiger partial charge in [-0.2, -0.15) is 0 Å². The SMILES string of the molecule is CCS(=O)(=O)NCCN1CCN(C(=O)c2ccccc2)CC1. The molecule has 122 valence electrons. The summed E-state index contributed by atoms with van der Waals surface area (Å²) in [5, 5.41) is 0. The average molecular weight is 325 g/mol. The Kier molecular flexibility index (Phi) is 5.93. The summed E-state index contributed by atoms with van der Waals surface area (Å²) >= 11 is 0. The molecule has 0 saturated carbocycles. The molecule has 1 fully saturated rings. The molecule has 1 aromatic carbocycles. The van der Waals surface area contributed by atoms with E-state index in [-0.39, 0.29) is 11.7 Å². The number of amides is 1. The van der Waals surface area contributed by atoms with Gasteiger partial charge in [0, 0.05) is 44.8 Å². The molecular formula is C15H23N3O3S. The Morgan fingerprint density at radius 1 is 1.14 bits per heavy atom. The van der Waals surface area contributed by atoms with Crippen LogP contribution in [0.4, 0.5) is 0 Å². The summed E-state index contributed by atoms with van der Waals surface area (Å²) in [5.41, 5.74) is 0.714. The fourth-order valence-electron chi connectivity index (χ4n) is 2.40. The van der Waals surface area contributed by atoms with Gasteiger partial charge in [-0.3, -0.25) is 9.69 Å². The summed E-state index contributed by atoms with van der Waals surface area (Å²) in [7, 11) is -3.12. The predicted octanol–water partition coefficient (Wildman–Crippen LogP) is 0.384. The smallest absolute Gasteiger partial charge is 0.253 e. The summed E-state index contributed by atoms with van der Waals surface area (Å²) in [6, 6.07) is 9.28. The monoisotopic (exact) mass is 325 g/mol. The standard InChI is InChI=1S/C15H23N3O3S/c1-2-22(20,21)16-8-9-17-10-12-18(13-11-17)15(19)14-6-4-3-5-7-14/h3-7,16H,2,8-13H2,1H3. The maximum absolute atomic E-state index is 12.3. The minimum Gasteiger partial charge on any atom is -0.336 e. The first-order valence-corrected chi connectivity index (χ1v) is 9.21. The highest BCUT2D eigenvalue weighted by Gasteiger charge is 2.21. The van der Waals surface area contributed by atoms with Crippen molar-refractivity contribution in [3.63, 3.8) is 0 Å². The quantitative estimate of drug-likeness (QED) is 0.821. The van der Waals surface area contributed by atoms with Crippen molar-refractivity contribution >= 4 is 15.9 Å². The van der Waals surface area contributed by atoms with Crippen molar-refractivity contribution in [3.8, 4) is 0 Å². The zero-order valence-corrected chi connectivity index (χ0v) is 13.7. The van der Waals surface area contributed by atoms with Crippen molar-refractivity contribution in [3.05, 3.63) is 35.9 Å². The van der Waals surface area contributed by atoms with Gasteiger partial charge >= 0.3 is 0 Å². The van der Waals surface area contributed by atoms with Gasteiger partial charge < -0.3 is 4.90 Å². The van der Waals surface area contributed by atoms with Crippen LogP contribution in [0, 0.1) is 0 Å². The van der Waals surface area contributed by atoms with Crippen molar-refractivity contribution in [2.45, 2.75) is 6.92 Å². The molecule has 0 aliphatic carbocycles. The van der Waals surface area contributed by atoms with Crippen molar-refractivity contribution in [2.75, 3.05) is 45.0 Å². The Balaban J connectivity index is 1.75. The third kappa shape index (κ3) is 4.79. The minimum absolute atomic E-state index is 0.0620. The molecule has 0 bridgehead atoms. The van der Waals surface area contributed by atoms with Gasteiger partial charge in [-0.05, 0) is 19.1 Å². The molecule has 1 saturated heterocycles. The van der Waals surface area contributed by atoms with Crippen LogP contribution in [0.3, 0.4) is 0 Å². The highest BCUT2D eigenvalue weighted by atomic mass is 32.2. The predicted molar refractivity (Wildman–Crippen MR) is 86.2 cm³/mol. The van der Waals surface area contributed by atoms with Gasteiger partial charge in [0.15, 0.2) is 0 Å². The number of rotatable bonds is 6. The van der Waals surface area contributed by atoms with Gasteiger partial charge in [0.05, 0.1) is 5.75 Å². The fourth-order valence-corrected chi connectivity index (χ4v) is 3.01. The third-order valence-corrected chi connectivity index (χ3v) is 5.21. The second-order valence-electron chi connectivity index (χ2n) is 5.30. The Bertz CT molecular complexity index is 581. The van der Waals surface area contributed by atoms with E-state index >= 15 is 0 Å². The van der Waals surface area contributed by atoms with E-state index in [9.17, 15) is 13.2 Å². The van der Waals surface area contributed by atoms with Gasteiger partial charge in [-0.1, -0.05) is 18.2 Å². The zero-order chi connectivity index (χ0) is 16.0. The molecule has 1 aliphatic rings. The van der Waals surface area contributed by atoms with Crippen LogP contribution in [-0.2, 0) is 10.0 Å². The summed E-state index contributed by atoms with van der Waals surface area (Å²) < 4.78 is 25.3. The normalized spacial score (nSPS) is 16.7. The van der Waals surface area contributed by atoms with Crippen LogP contribution in [0.15, 0.2) is 30.3 Å². The minimum atomic E-state index is -3.12. The number of sulfonamides is 1. The van der Waals surface area contributed by atoms with Crippen molar-refractivity contribution in [1.82, 2.24) is 14.5 Å². The van der Waals surface area contributed by atoms with E-state index in [1.807, 2.05) is 35.2 Å². The molecule has 2 rings (SSSR count). The first-order valence-electron chi connectivity index (χ1n) is 7.56. The van der Waals surface area contributed by atoms with E-state index in [1.165, 1.54) is 0 Å². The lowest BCUT2D eigenvalue weighted by Crippen LogP contribution is -2.50. The lowest BCUT2D eigenvalue weighted by Gasteiger charge is -2.34. The molecule has 0 spiro atoms. The maximum atomic E-state index is 12.3. The summed E-state index contributed by atoms with van der Waals surface area (Å²) in [5.74, 6) is 0.166. The van der Waals surface area contributed by atoms with E-state index in [4.69, 9.17) is 0 Å². The Morgan fingerprint density at radius 3 is 2.36 bits per heavy atom. The van der Waals surface area contributed by atoms with Crippen LogP contribution in [0.2, 0.25) is 0 Å². The molecular weight excluding hydrogens is 302 g/mol. The lowest BCUT2D eigenvalue weighted by molar-refractivity contribution is 0.0640. The molecule has 0 unspecified atom stereocenters. The van der Waals surface area contributed by atoms with E-state index in [1.54, 1.807) is 6.92 Å². The fraction of sp³-hybridized carbons (Fsp3) is 0.533. The van der Waals surface area contributed by atoms with Gasteiger partial charge in [0.25, 0.3) is 5.91 Å². The van der Waals surface area contributed by atoms with Crippen LogP contribution >= 0.6 is 0 Å². The van der Waals surface area contributed by atoms with E-state index < -0.39 is 10.0 Å². The highest BCUT2D eigenvalue weighted by Crippen LogP contribution is 2.08. The lowest BCUT2D eigenvalue weighted by atomic mass is 10.2. The van der Waals surface area contributed by atoms with Crippen molar-refractivity contribution in [1.29, 1.82) is 0 Å². The zero-order valence-electron chi connectivity index (χ0n) is 12.9. The molecule has 0 atom stereocenters. The first kappa shape index (κ1) is 16.9. The molecule has 6 nitrogen and oxygen atoms in total. The summed E-state index contributed by atoms with van der Waals surface area (Å²) in [4.78, 5) is 16.3. The number of carbonyl (C=O) groups is 1. The molecule has 1 N–H and O–H groups in total. The van der Waals surface area contributed by atoms with Crippen LogP contribution < -0.4 is 4.72 Å². The number of carbonyl (C=O) groups excluding carboxylic acids is 1. The second-order valence-corrected chi connectivity index (χ2v) is 7.39. The molecule has 1 aliphatic heterocycles. The Labute approximate surface area is 132 Å². The van der Waals surface area contributed by atoms with E-state index in [0.717, 1.165) is 13.1 Å². The molecule has 7 heteroatoms. The van der Waals surface area contributed by atoms with Gasteiger partial charge in [-0.25, -0.2) is 13.1 Å². The number of nitrogens with one attached hydrogen (secondary N) is 1. The van der Waals surface area contributed by atoms with E-state index in [2.05, 4.69) is 9.62 Å². The highest BCUT2D eigenvalue weighted by molar-refractivity contribution is 7.89. The second kappa shape index (κ2) is 7.71. The number of benzene rings is 1. The Hall–Kier alpha value is -1.44. The number of piperazine rings is 1. The molecule has 1 amide bonds. The van der Waals surface area contributed by atoms with Crippen LogP contribution in [0.5, 0.6) is 0 Å². The maximum Gasteiger partial charge on any atom is 0.253 e. The molecule has 22 heavy (non-hydrogen) atoms. The van der Waals surface area contributed by atoms with Crippen LogP contribution in [0.1, 0.15) is 17.3 Å². The molecule has 0 aromatic heterocycles. The first-order chi connectivity index (χ1) is 10.5. The number of hydrogen-bond acceptors (Lipinski definition) is 4. The largest absolute Gasteiger partial charge is 0.336 e. The number of nitrogens with zero attached hydrogens (tertiary/aromatic N) is 2. The summed E-state index contributed by atoms with van der Waals surface area (Å²) in [6.07, 6.45) is 0. The topological polar surface area (TPSA) is 69.7 Å². The van der Waals surface area contributed by atoms with Gasteiger partial charge in [0.1, 0.15) is 0 Å². The summed E-state index contributed by atoms with van der Waals surface area (Å²) in [6.45, 7) is 5.60. The number of hydrogen-bond donors (Lipinski definition) is 1. The Morgan fingerprint density at radius 2 is 1.77 bits per heavy atom. The van der Waals surface area contributed by atoms with Crippen LogP contribution in [0.25, 0.3) is 0 Å². The average Bonchev–Trinajstić information content (AvgIpc) is 2.55. The molecule has 1 aromatic rings. The van der Waals surface area contributed by atoms with Gasteiger partial charge in [0.2, 0.25) is 10.0 Å². The van der Waals surface area contributed by atoms with Crippen molar-refractivity contribution < 1.29 is 13.2 Å². The third-order valence-electron chi connectivity index (χ3n) is 3.81. The van der Waals surface area contributed by atoms with E-state index in [0.29, 0.717) is 31.7 Å². The molecule has 1 heterocycles. The van der Waals surface area contributed by atoms with Gasteiger partial charge in [-0.15, -0.1) is 0 Å². The molecule has 0 radical (unpaired) electrons.